The molecule has 0 N–H and O–H groups in total. The van der Waals surface area contributed by atoms with Crippen molar-refractivity contribution in [2.24, 2.45) is 11.3 Å². The normalized spacial score (nSPS) is 19.3. The van der Waals surface area contributed by atoms with Gasteiger partial charge < -0.3 is 0 Å². The number of rotatable bonds is 2. The maximum atomic E-state index is 3.65. The van der Waals surface area contributed by atoms with E-state index in [2.05, 4.69) is 152 Å². The molecule has 0 fully saturated rings. The standard InChI is InChI=1S/C25H25.C11H17.C7H6.Zr/c1-14-12-24(3,4)22-8-16-7-17-9-23-19(15(2)13-25(23,5)6)11-21(17)20(16)10-18(14)22;1-5-9-6-7-10(8-9)11(2,3)4;1-7-5-3-2-4-6-7;/h8-12H,7H2,1-6H3;7-9H,5H2,1-4H3;1-6H;/q2*-1;;+2. The minimum atomic E-state index is 0.0340. The van der Waals surface area contributed by atoms with Gasteiger partial charge in [0, 0.05) is 5.41 Å². The number of fused-ring (bicyclic) bond motifs is 5. The van der Waals surface area contributed by atoms with Crippen LogP contribution in [0.1, 0.15) is 115 Å². The van der Waals surface area contributed by atoms with E-state index >= 15 is 0 Å². The minimum absolute atomic E-state index is 0.0340. The van der Waals surface area contributed by atoms with Gasteiger partial charge >= 0.3 is 63.8 Å². The van der Waals surface area contributed by atoms with Crippen LogP contribution in [0.15, 0.2) is 78.4 Å². The summed E-state index contributed by atoms with van der Waals surface area (Å²) < 4.78 is 2.17. The summed E-state index contributed by atoms with van der Waals surface area (Å²) in [5.74, 6) is 0.573. The van der Waals surface area contributed by atoms with E-state index in [-0.39, 0.29) is 10.8 Å². The summed E-state index contributed by atoms with van der Waals surface area (Å²) in [6.07, 6.45) is 16.1. The Morgan fingerprint density at radius 1 is 0.864 bits per heavy atom. The van der Waals surface area contributed by atoms with Crippen molar-refractivity contribution < 1.29 is 24.2 Å². The van der Waals surface area contributed by atoms with Crippen LogP contribution in [0.3, 0.4) is 0 Å². The number of allylic oxidation sites excluding steroid dienone is 8. The van der Waals surface area contributed by atoms with Crippen molar-refractivity contribution in [1.29, 1.82) is 0 Å². The van der Waals surface area contributed by atoms with E-state index < -0.39 is 0 Å². The second-order valence-electron chi connectivity index (χ2n) is 15.0. The second-order valence-corrected chi connectivity index (χ2v) is 15.7. The average molecular weight is 656 g/mol. The maximum absolute atomic E-state index is 3.65. The molecule has 1 heteroatoms. The Bertz CT molecular complexity index is 1630. The fourth-order valence-electron chi connectivity index (χ4n) is 7.04. The molecule has 1 unspecified atom stereocenters. The van der Waals surface area contributed by atoms with Gasteiger partial charge in [0.05, 0.1) is 0 Å². The van der Waals surface area contributed by atoms with E-state index in [1.807, 2.05) is 6.07 Å². The molecule has 0 saturated carbocycles. The van der Waals surface area contributed by atoms with E-state index in [1.54, 1.807) is 0 Å². The van der Waals surface area contributed by atoms with Crippen LogP contribution >= 0.6 is 0 Å². The zero-order valence-electron chi connectivity index (χ0n) is 28.5. The molecule has 224 valence electrons. The quantitative estimate of drug-likeness (QED) is 0.189. The van der Waals surface area contributed by atoms with Crippen molar-refractivity contribution in [3.05, 3.63) is 129 Å². The van der Waals surface area contributed by atoms with E-state index in [0.717, 1.165) is 6.42 Å². The van der Waals surface area contributed by atoms with E-state index in [9.17, 15) is 0 Å². The van der Waals surface area contributed by atoms with E-state index in [4.69, 9.17) is 0 Å². The molecule has 0 heterocycles. The molecule has 4 aliphatic rings. The third-order valence-electron chi connectivity index (χ3n) is 9.54. The Balaban J connectivity index is 0.000000167. The number of hydrogen-bond donors (Lipinski definition) is 0. The van der Waals surface area contributed by atoms with Crippen molar-refractivity contribution in [3.8, 4) is 11.1 Å². The van der Waals surface area contributed by atoms with Crippen molar-refractivity contribution in [2.45, 2.75) is 92.9 Å². The molecule has 0 bridgehead atoms. The van der Waals surface area contributed by atoms with Crippen LogP contribution < -0.4 is 0 Å². The molecule has 4 aliphatic carbocycles. The van der Waals surface area contributed by atoms with Crippen molar-refractivity contribution in [2.75, 3.05) is 0 Å². The van der Waals surface area contributed by atoms with E-state index in [1.165, 1.54) is 97.4 Å². The molecule has 0 saturated heterocycles. The molecule has 0 radical (unpaired) electrons. The summed E-state index contributed by atoms with van der Waals surface area (Å²) in [6.45, 7) is 22.6. The third-order valence-corrected chi connectivity index (χ3v) is 10.4. The first-order valence-corrected chi connectivity index (χ1v) is 17.6. The predicted octanol–water partition coefficient (Wildman–Crippen LogP) is 11.2. The number of benzene rings is 3. The Morgan fingerprint density at radius 3 is 2.00 bits per heavy atom. The Morgan fingerprint density at radius 2 is 1.48 bits per heavy atom. The van der Waals surface area contributed by atoms with Crippen LogP contribution in [0, 0.1) is 23.5 Å². The van der Waals surface area contributed by atoms with Gasteiger partial charge in [-0.1, -0.05) is 104 Å². The molecule has 7 rings (SSSR count). The summed E-state index contributed by atoms with van der Waals surface area (Å²) >= 11 is 1.46. The Labute approximate surface area is 282 Å². The van der Waals surface area contributed by atoms with Crippen LogP contribution in [0.25, 0.3) is 22.3 Å². The molecule has 0 amide bonds. The van der Waals surface area contributed by atoms with Crippen molar-refractivity contribution >= 4 is 14.9 Å². The summed E-state index contributed by atoms with van der Waals surface area (Å²) in [6, 6.07) is 20.2. The van der Waals surface area contributed by atoms with Crippen LogP contribution in [0.2, 0.25) is 0 Å². The molecule has 44 heavy (non-hydrogen) atoms. The molecular formula is C43H48Zr. The molecule has 3 aromatic carbocycles. The second kappa shape index (κ2) is 12.3. The molecule has 0 aliphatic heterocycles. The van der Waals surface area contributed by atoms with Crippen LogP contribution in [-0.4, -0.2) is 3.71 Å². The average Bonchev–Trinajstić information content (AvgIpc) is 3.70. The Kier molecular flexibility index (Phi) is 9.15. The summed E-state index contributed by atoms with van der Waals surface area (Å²) in [5.41, 5.74) is 17.6. The van der Waals surface area contributed by atoms with Crippen molar-refractivity contribution in [1.82, 2.24) is 0 Å². The summed E-state index contributed by atoms with van der Waals surface area (Å²) in [4.78, 5) is 0. The van der Waals surface area contributed by atoms with Gasteiger partial charge in [0.1, 0.15) is 0 Å². The van der Waals surface area contributed by atoms with Gasteiger partial charge in [-0.05, 0) is 58.4 Å². The van der Waals surface area contributed by atoms with Crippen molar-refractivity contribution in [3.63, 3.8) is 0 Å². The zero-order valence-corrected chi connectivity index (χ0v) is 31.0. The molecular weight excluding hydrogens is 608 g/mol. The predicted molar refractivity (Wildman–Crippen MR) is 187 cm³/mol. The van der Waals surface area contributed by atoms with Gasteiger partial charge in [0.25, 0.3) is 0 Å². The summed E-state index contributed by atoms with van der Waals surface area (Å²) in [5, 5.41) is 0. The van der Waals surface area contributed by atoms with Gasteiger partial charge in [-0.15, -0.1) is 11.6 Å². The molecule has 0 aromatic heterocycles. The SMILES string of the molecule is CC1=[C-]C(C)(C)c2cc3c(cc21)-c1cc2c(cc1C3)C(C)(C)C=C2C.CCC1[C-]=CC(C(C)(C)C)=C1.[Zr+2]=[CH]c1ccccc1. The first-order chi connectivity index (χ1) is 20.6. The van der Waals surface area contributed by atoms with Gasteiger partial charge in [-0.3, -0.25) is 12.2 Å². The Hall–Kier alpha value is -2.63. The van der Waals surface area contributed by atoms with Gasteiger partial charge in [0.15, 0.2) is 0 Å². The first kappa shape index (κ1) is 32.8. The monoisotopic (exact) mass is 654 g/mol. The van der Waals surface area contributed by atoms with Crippen LogP contribution in [-0.2, 0) is 41.5 Å². The molecule has 0 nitrogen and oxygen atoms in total. The zero-order chi connectivity index (χ0) is 32.0. The first-order valence-electron chi connectivity index (χ1n) is 16.2. The van der Waals surface area contributed by atoms with Gasteiger partial charge in [-0.2, -0.15) is 17.2 Å². The van der Waals surface area contributed by atoms with Gasteiger partial charge in [-0.25, -0.2) is 11.6 Å². The molecule has 0 spiro atoms. The van der Waals surface area contributed by atoms with Crippen LogP contribution in [0.4, 0.5) is 0 Å². The molecule has 1 atom stereocenters. The van der Waals surface area contributed by atoms with Crippen LogP contribution in [0.5, 0.6) is 0 Å². The fourth-order valence-corrected chi connectivity index (χ4v) is 7.51. The number of hydrogen-bond acceptors (Lipinski definition) is 0. The van der Waals surface area contributed by atoms with E-state index in [0.29, 0.717) is 11.3 Å². The molecule has 3 aromatic rings. The fraction of sp³-hybridized carbons (Fsp3) is 0.372. The topological polar surface area (TPSA) is 0 Å². The third kappa shape index (κ3) is 6.51. The van der Waals surface area contributed by atoms with Gasteiger partial charge in [0.2, 0.25) is 0 Å². The summed E-state index contributed by atoms with van der Waals surface area (Å²) in [7, 11) is 0.